The fourth-order valence-corrected chi connectivity index (χ4v) is 1.56. The zero-order valence-electron chi connectivity index (χ0n) is 8.79. The zero-order valence-corrected chi connectivity index (χ0v) is 9.61. The molecule has 0 amide bonds. The Morgan fingerprint density at radius 1 is 1.24 bits per heavy atom. The van der Waals surface area contributed by atoms with Gasteiger partial charge in [0.2, 0.25) is 0 Å². The lowest BCUT2D eigenvalue weighted by Crippen LogP contribution is -2.17. The standard InChI is InChI=1S/C9H12N2O5S/c10-7-1-6(2-8(11)3-7)4-16-9(12)5-17(13,14)15/h1-3H,4-5,10-11H2,(H,13,14,15). The molecule has 0 saturated heterocycles. The lowest BCUT2D eigenvalue weighted by Gasteiger charge is -2.06. The second-order valence-electron chi connectivity index (χ2n) is 3.39. The van der Waals surface area contributed by atoms with Gasteiger partial charge in [-0.15, -0.1) is 0 Å². The normalized spacial score (nSPS) is 11.1. The smallest absolute Gasteiger partial charge is 0.323 e. The van der Waals surface area contributed by atoms with Gasteiger partial charge in [0.1, 0.15) is 6.61 Å². The van der Waals surface area contributed by atoms with E-state index in [9.17, 15) is 13.2 Å². The molecule has 1 rings (SSSR count). The summed E-state index contributed by atoms with van der Waals surface area (Å²) in [6.07, 6.45) is 0. The van der Waals surface area contributed by atoms with E-state index in [-0.39, 0.29) is 6.61 Å². The van der Waals surface area contributed by atoms with E-state index in [1.807, 2.05) is 0 Å². The van der Waals surface area contributed by atoms with Crippen molar-refractivity contribution in [2.24, 2.45) is 0 Å². The third kappa shape index (κ3) is 5.18. The Morgan fingerprint density at radius 3 is 2.24 bits per heavy atom. The summed E-state index contributed by atoms with van der Waals surface area (Å²) in [4.78, 5) is 11.0. The van der Waals surface area contributed by atoms with Crippen molar-refractivity contribution in [3.05, 3.63) is 23.8 Å². The van der Waals surface area contributed by atoms with Crippen LogP contribution in [0.2, 0.25) is 0 Å². The number of hydrogen-bond acceptors (Lipinski definition) is 6. The van der Waals surface area contributed by atoms with E-state index in [2.05, 4.69) is 4.74 Å². The molecule has 7 nitrogen and oxygen atoms in total. The van der Waals surface area contributed by atoms with E-state index in [0.717, 1.165) is 0 Å². The molecule has 0 aliphatic rings. The van der Waals surface area contributed by atoms with Crippen LogP contribution in [0.1, 0.15) is 5.56 Å². The van der Waals surface area contributed by atoms with Gasteiger partial charge >= 0.3 is 5.97 Å². The molecular formula is C9H12N2O5S. The summed E-state index contributed by atoms with van der Waals surface area (Å²) in [5, 5.41) is 0. The monoisotopic (exact) mass is 260 g/mol. The quantitative estimate of drug-likeness (QED) is 0.387. The van der Waals surface area contributed by atoms with Crippen LogP contribution in [0.15, 0.2) is 18.2 Å². The molecule has 0 aliphatic heterocycles. The third-order valence-corrected chi connectivity index (χ3v) is 2.34. The number of carbonyl (C=O) groups is 1. The molecule has 17 heavy (non-hydrogen) atoms. The lowest BCUT2D eigenvalue weighted by atomic mass is 10.2. The van der Waals surface area contributed by atoms with E-state index < -0.39 is 21.8 Å². The van der Waals surface area contributed by atoms with Gasteiger partial charge in [0.15, 0.2) is 5.75 Å². The van der Waals surface area contributed by atoms with Crippen molar-refractivity contribution in [2.45, 2.75) is 6.61 Å². The maximum atomic E-state index is 11.0. The predicted octanol–water partition coefficient (Wildman–Crippen LogP) is -0.218. The Bertz CT molecular complexity index is 506. The molecule has 0 spiro atoms. The number of anilines is 2. The van der Waals surface area contributed by atoms with Crippen LogP contribution in [0.25, 0.3) is 0 Å². The fraction of sp³-hybridized carbons (Fsp3) is 0.222. The Balaban J connectivity index is 2.59. The van der Waals surface area contributed by atoms with Crippen molar-refractivity contribution in [3.8, 4) is 0 Å². The van der Waals surface area contributed by atoms with E-state index in [1.165, 1.54) is 18.2 Å². The second kappa shape index (κ2) is 5.02. The van der Waals surface area contributed by atoms with Gasteiger partial charge in [-0.25, -0.2) is 0 Å². The summed E-state index contributed by atoms with van der Waals surface area (Å²) in [6, 6.07) is 4.61. The van der Waals surface area contributed by atoms with Crippen molar-refractivity contribution in [2.75, 3.05) is 17.2 Å². The van der Waals surface area contributed by atoms with Crippen LogP contribution in [0.5, 0.6) is 0 Å². The van der Waals surface area contributed by atoms with Crippen LogP contribution in [0, 0.1) is 0 Å². The molecule has 0 saturated carbocycles. The van der Waals surface area contributed by atoms with Crippen molar-refractivity contribution in [3.63, 3.8) is 0 Å². The van der Waals surface area contributed by atoms with Crippen molar-refractivity contribution >= 4 is 27.5 Å². The van der Waals surface area contributed by atoms with Gasteiger partial charge in [0.05, 0.1) is 0 Å². The summed E-state index contributed by atoms with van der Waals surface area (Å²) >= 11 is 0. The fourth-order valence-electron chi connectivity index (χ4n) is 1.18. The van der Waals surface area contributed by atoms with E-state index in [1.54, 1.807) is 0 Å². The molecule has 0 aromatic heterocycles. The van der Waals surface area contributed by atoms with E-state index >= 15 is 0 Å². The minimum absolute atomic E-state index is 0.163. The largest absolute Gasteiger partial charge is 0.460 e. The molecule has 0 radical (unpaired) electrons. The number of nitrogens with two attached hydrogens (primary N) is 2. The zero-order chi connectivity index (χ0) is 13.1. The minimum atomic E-state index is -4.37. The first-order valence-electron chi connectivity index (χ1n) is 4.52. The summed E-state index contributed by atoms with van der Waals surface area (Å²) in [6.45, 7) is -0.163. The Kier molecular flexibility index (Phi) is 3.92. The first kappa shape index (κ1) is 13.3. The molecule has 0 bridgehead atoms. The topological polar surface area (TPSA) is 133 Å². The van der Waals surface area contributed by atoms with Gasteiger partial charge in [-0.1, -0.05) is 0 Å². The first-order chi connectivity index (χ1) is 7.76. The Morgan fingerprint density at radius 2 is 1.76 bits per heavy atom. The highest BCUT2D eigenvalue weighted by molar-refractivity contribution is 7.86. The molecule has 94 valence electrons. The number of hydrogen-bond donors (Lipinski definition) is 3. The summed E-state index contributed by atoms with van der Waals surface area (Å²) < 4.78 is 33.8. The average Bonchev–Trinajstić information content (AvgIpc) is 2.10. The molecular weight excluding hydrogens is 248 g/mol. The Hall–Kier alpha value is -1.80. The number of rotatable bonds is 4. The van der Waals surface area contributed by atoms with Crippen LogP contribution in [0.3, 0.4) is 0 Å². The molecule has 1 aromatic carbocycles. The molecule has 1 aromatic rings. The molecule has 0 aliphatic carbocycles. The first-order valence-corrected chi connectivity index (χ1v) is 6.13. The van der Waals surface area contributed by atoms with Crippen LogP contribution in [-0.2, 0) is 26.3 Å². The number of nitrogen functional groups attached to an aromatic ring is 2. The number of carbonyl (C=O) groups excluding carboxylic acids is 1. The average molecular weight is 260 g/mol. The van der Waals surface area contributed by atoms with Gasteiger partial charge in [-0.05, 0) is 23.8 Å². The Labute approximate surface area is 98.1 Å². The molecule has 0 unspecified atom stereocenters. The van der Waals surface area contributed by atoms with Gasteiger partial charge in [0.25, 0.3) is 10.1 Å². The van der Waals surface area contributed by atoms with Crippen LogP contribution < -0.4 is 11.5 Å². The van der Waals surface area contributed by atoms with Crippen molar-refractivity contribution in [1.82, 2.24) is 0 Å². The summed E-state index contributed by atoms with van der Waals surface area (Å²) in [7, 11) is -4.37. The SMILES string of the molecule is Nc1cc(N)cc(COC(=O)CS(=O)(=O)O)c1. The number of benzene rings is 1. The lowest BCUT2D eigenvalue weighted by molar-refractivity contribution is -0.141. The van der Waals surface area contributed by atoms with Gasteiger partial charge in [-0.2, -0.15) is 8.42 Å². The summed E-state index contributed by atoms with van der Waals surface area (Å²) in [5.41, 5.74) is 12.4. The van der Waals surface area contributed by atoms with Gasteiger partial charge in [0, 0.05) is 11.4 Å². The van der Waals surface area contributed by atoms with Crippen LogP contribution >= 0.6 is 0 Å². The molecule has 0 atom stereocenters. The van der Waals surface area contributed by atoms with Gasteiger partial charge in [-0.3, -0.25) is 9.35 Å². The number of ether oxygens (including phenoxy) is 1. The number of esters is 1. The summed E-state index contributed by atoms with van der Waals surface area (Å²) in [5.74, 6) is -2.13. The van der Waals surface area contributed by atoms with E-state index in [4.69, 9.17) is 16.0 Å². The minimum Gasteiger partial charge on any atom is -0.460 e. The van der Waals surface area contributed by atoms with Crippen LogP contribution in [0.4, 0.5) is 11.4 Å². The van der Waals surface area contributed by atoms with Crippen molar-refractivity contribution < 1.29 is 22.5 Å². The molecule has 0 fully saturated rings. The molecule has 8 heteroatoms. The maximum Gasteiger partial charge on any atom is 0.323 e. The van der Waals surface area contributed by atoms with E-state index in [0.29, 0.717) is 16.9 Å². The van der Waals surface area contributed by atoms with Gasteiger partial charge < -0.3 is 16.2 Å². The second-order valence-corrected chi connectivity index (χ2v) is 4.85. The predicted molar refractivity (Wildman–Crippen MR) is 61.5 cm³/mol. The molecule has 0 heterocycles. The highest BCUT2D eigenvalue weighted by Crippen LogP contribution is 2.14. The highest BCUT2D eigenvalue weighted by Gasteiger charge is 2.14. The molecule has 5 N–H and O–H groups in total. The van der Waals surface area contributed by atoms with Crippen molar-refractivity contribution in [1.29, 1.82) is 0 Å². The highest BCUT2D eigenvalue weighted by atomic mass is 32.2. The third-order valence-electron chi connectivity index (χ3n) is 1.74. The van der Waals surface area contributed by atoms with Crippen LogP contribution in [-0.4, -0.2) is 24.7 Å². The maximum absolute atomic E-state index is 11.0.